The van der Waals surface area contributed by atoms with Crippen LogP contribution in [0.15, 0.2) is 53.7 Å². The molecule has 2 N–H and O–H groups in total. The maximum Gasteiger partial charge on any atom is 0.337 e. The van der Waals surface area contributed by atoms with Gasteiger partial charge in [0.1, 0.15) is 0 Å². The van der Waals surface area contributed by atoms with Gasteiger partial charge in [0, 0.05) is 30.1 Å². The number of halogens is 1. The summed E-state index contributed by atoms with van der Waals surface area (Å²) >= 11 is 6.05. The van der Waals surface area contributed by atoms with E-state index in [1.807, 2.05) is 6.92 Å². The Balaban J connectivity index is 1.92. The second kappa shape index (κ2) is 10.3. The summed E-state index contributed by atoms with van der Waals surface area (Å²) in [4.78, 5) is 49.8. The molecule has 0 saturated carbocycles. The highest BCUT2D eigenvalue weighted by Crippen LogP contribution is 2.32. The molecule has 11 heteroatoms. The topological polar surface area (TPSA) is 131 Å². The molecule has 0 spiro atoms. The number of nitro benzene ring substituents is 1. The van der Waals surface area contributed by atoms with E-state index in [2.05, 4.69) is 10.6 Å². The van der Waals surface area contributed by atoms with Gasteiger partial charge in [-0.25, -0.2) is 9.59 Å². The lowest BCUT2D eigenvalue weighted by Crippen LogP contribution is -2.48. The van der Waals surface area contributed by atoms with Crippen molar-refractivity contribution in [3.63, 3.8) is 0 Å². The molecule has 0 unspecified atom stereocenters. The molecule has 3 rings (SSSR count). The molecule has 34 heavy (non-hydrogen) atoms. The molecule has 0 aliphatic carbocycles. The van der Waals surface area contributed by atoms with E-state index in [-0.39, 0.29) is 27.9 Å². The van der Waals surface area contributed by atoms with Gasteiger partial charge in [-0.15, -0.1) is 0 Å². The lowest BCUT2D eigenvalue weighted by atomic mass is 9.94. The van der Waals surface area contributed by atoms with Gasteiger partial charge >= 0.3 is 12.0 Å². The Morgan fingerprint density at radius 1 is 1.26 bits per heavy atom. The van der Waals surface area contributed by atoms with Crippen molar-refractivity contribution in [2.45, 2.75) is 26.3 Å². The zero-order valence-corrected chi connectivity index (χ0v) is 19.5. The number of non-ortho nitro benzene ring substituents is 1. The third kappa shape index (κ3) is 5.01. The fourth-order valence-corrected chi connectivity index (χ4v) is 3.96. The van der Waals surface area contributed by atoms with Crippen molar-refractivity contribution in [1.82, 2.24) is 10.2 Å². The Morgan fingerprint density at radius 2 is 2.00 bits per heavy atom. The Labute approximate surface area is 200 Å². The first kappa shape index (κ1) is 24.7. The van der Waals surface area contributed by atoms with Crippen LogP contribution >= 0.6 is 11.6 Å². The van der Waals surface area contributed by atoms with Crippen molar-refractivity contribution < 1.29 is 24.0 Å². The van der Waals surface area contributed by atoms with Crippen LogP contribution in [-0.4, -0.2) is 41.4 Å². The molecule has 2 aromatic rings. The van der Waals surface area contributed by atoms with Gasteiger partial charge in [0.05, 0.1) is 34.2 Å². The smallest absolute Gasteiger partial charge is 0.337 e. The predicted octanol–water partition coefficient (Wildman–Crippen LogP) is 4.42. The van der Waals surface area contributed by atoms with Crippen LogP contribution in [0.1, 0.15) is 42.2 Å². The number of nitrogens with zero attached hydrogens (tertiary/aromatic N) is 2. The van der Waals surface area contributed by atoms with Gasteiger partial charge in [-0.1, -0.05) is 30.7 Å². The maximum absolute atomic E-state index is 12.7. The van der Waals surface area contributed by atoms with Gasteiger partial charge in [0.15, 0.2) is 0 Å². The van der Waals surface area contributed by atoms with Crippen LogP contribution in [-0.2, 0) is 9.53 Å². The number of ether oxygens (including phenoxy) is 1. The third-order valence-electron chi connectivity index (χ3n) is 5.33. The highest BCUT2D eigenvalue weighted by atomic mass is 35.5. The fourth-order valence-electron chi connectivity index (χ4n) is 3.69. The largest absolute Gasteiger partial charge is 0.466 e. The van der Waals surface area contributed by atoms with Crippen molar-refractivity contribution in [3.05, 3.63) is 80.0 Å². The van der Waals surface area contributed by atoms with Crippen molar-refractivity contribution in [1.29, 1.82) is 0 Å². The summed E-state index contributed by atoms with van der Waals surface area (Å²) in [5, 5.41) is 16.3. The molecule has 0 saturated heterocycles. The van der Waals surface area contributed by atoms with E-state index in [1.165, 1.54) is 24.1 Å². The number of esters is 1. The monoisotopic (exact) mass is 486 g/mol. The molecule has 0 aromatic heterocycles. The number of hydrogen-bond donors (Lipinski definition) is 2. The van der Waals surface area contributed by atoms with E-state index in [0.717, 1.165) is 6.07 Å². The minimum absolute atomic E-state index is 0.0600. The number of urea groups is 1. The molecule has 0 bridgehead atoms. The van der Waals surface area contributed by atoms with E-state index in [4.69, 9.17) is 16.3 Å². The van der Waals surface area contributed by atoms with Crippen LogP contribution < -0.4 is 10.6 Å². The number of nitrogens with one attached hydrogen (secondary N) is 2. The van der Waals surface area contributed by atoms with Crippen LogP contribution in [0.5, 0.6) is 0 Å². The molecule has 1 heterocycles. The Kier molecular flexibility index (Phi) is 7.52. The Bertz CT molecular complexity index is 1200. The predicted molar refractivity (Wildman–Crippen MR) is 125 cm³/mol. The number of benzene rings is 2. The van der Waals surface area contributed by atoms with Crippen molar-refractivity contribution >= 4 is 40.9 Å². The van der Waals surface area contributed by atoms with Gasteiger partial charge in [-0.3, -0.25) is 19.8 Å². The normalized spacial score (nSPS) is 15.6. The summed E-state index contributed by atoms with van der Waals surface area (Å²) in [6.45, 7) is 4.06. The average molecular weight is 487 g/mol. The molecule has 3 amide bonds. The van der Waals surface area contributed by atoms with E-state index < -0.39 is 22.8 Å². The molecule has 10 nitrogen and oxygen atoms in total. The van der Waals surface area contributed by atoms with Crippen LogP contribution in [0.3, 0.4) is 0 Å². The molecule has 0 radical (unpaired) electrons. The molecule has 2 aromatic carbocycles. The molecule has 1 atom stereocenters. The maximum atomic E-state index is 12.7. The van der Waals surface area contributed by atoms with Gasteiger partial charge in [-0.2, -0.15) is 0 Å². The van der Waals surface area contributed by atoms with Crippen molar-refractivity contribution in [2.75, 3.05) is 19.0 Å². The van der Waals surface area contributed by atoms with Crippen molar-refractivity contribution in [3.8, 4) is 0 Å². The first-order valence-corrected chi connectivity index (χ1v) is 10.8. The molecule has 178 valence electrons. The first-order valence-electron chi connectivity index (χ1n) is 10.4. The van der Waals surface area contributed by atoms with Crippen LogP contribution in [0.2, 0.25) is 5.02 Å². The highest BCUT2D eigenvalue weighted by molar-refractivity contribution is 6.34. The molecule has 0 fully saturated rings. The quantitative estimate of drug-likeness (QED) is 0.338. The molecular weight excluding hydrogens is 464 g/mol. The third-order valence-corrected chi connectivity index (χ3v) is 5.65. The standard InChI is InChI=1S/C23H23ClN4O6/c1-4-10-27-13(2)19(22(30)34-3)20(26-23(27)31)14-6-5-7-15(11-14)25-21(29)17-9-8-16(28(32)33)12-18(17)24/h5-9,11-12,20H,4,10H2,1-3H3,(H,25,29)(H,26,31)/t20-/m1/s1. The zero-order valence-electron chi connectivity index (χ0n) is 18.8. The van der Waals surface area contributed by atoms with E-state index in [9.17, 15) is 24.5 Å². The number of carbonyl (C=O) groups is 3. The number of amides is 3. The molecule has 1 aliphatic rings. The zero-order chi connectivity index (χ0) is 25.0. The van der Waals surface area contributed by atoms with Crippen LogP contribution in [0, 0.1) is 10.1 Å². The summed E-state index contributed by atoms with van der Waals surface area (Å²) in [5.41, 5.74) is 1.55. The Hall–Kier alpha value is -3.92. The second-order valence-electron chi connectivity index (χ2n) is 7.53. The summed E-state index contributed by atoms with van der Waals surface area (Å²) < 4.78 is 4.96. The first-order chi connectivity index (χ1) is 16.2. The number of rotatable bonds is 7. The molecule has 1 aliphatic heterocycles. The number of methoxy groups -OCH3 is 1. The average Bonchev–Trinajstić information content (AvgIpc) is 2.80. The minimum Gasteiger partial charge on any atom is -0.466 e. The Morgan fingerprint density at radius 3 is 2.62 bits per heavy atom. The fraction of sp³-hybridized carbons (Fsp3) is 0.261. The summed E-state index contributed by atoms with van der Waals surface area (Å²) in [7, 11) is 1.27. The summed E-state index contributed by atoms with van der Waals surface area (Å²) in [6, 6.07) is 9.05. The van der Waals surface area contributed by atoms with Gasteiger partial charge in [0.2, 0.25) is 0 Å². The second-order valence-corrected chi connectivity index (χ2v) is 7.93. The van der Waals surface area contributed by atoms with Gasteiger partial charge in [-0.05, 0) is 37.1 Å². The number of nitro groups is 1. The van der Waals surface area contributed by atoms with Crippen molar-refractivity contribution in [2.24, 2.45) is 0 Å². The van der Waals surface area contributed by atoms with E-state index in [1.54, 1.807) is 31.2 Å². The van der Waals surface area contributed by atoms with E-state index >= 15 is 0 Å². The molecular formula is C23H23ClN4O6. The minimum atomic E-state index is -0.784. The summed E-state index contributed by atoms with van der Waals surface area (Å²) in [6.07, 6.45) is 0.705. The SMILES string of the molecule is CCCN1C(=O)N[C@H](c2cccc(NC(=O)c3ccc([N+](=O)[O-])cc3Cl)c2)C(C(=O)OC)=C1C. The lowest BCUT2D eigenvalue weighted by Gasteiger charge is -2.35. The van der Waals surface area contributed by atoms with E-state index in [0.29, 0.717) is 29.9 Å². The number of anilines is 1. The number of hydrogen-bond acceptors (Lipinski definition) is 6. The number of carbonyl (C=O) groups excluding carboxylic acids is 3. The highest BCUT2D eigenvalue weighted by Gasteiger charge is 2.36. The van der Waals surface area contributed by atoms with Gasteiger partial charge in [0.25, 0.3) is 11.6 Å². The summed E-state index contributed by atoms with van der Waals surface area (Å²) in [5.74, 6) is -1.14. The van der Waals surface area contributed by atoms with Gasteiger partial charge < -0.3 is 15.4 Å². The number of allylic oxidation sites excluding steroid dienone is 1. The van der Waals surface area contributed by atoms with Crippen LogP contribution in [0.4, 0.5) is 16.2 Å². The lowest BCUT2D eigenvalue weighted by molar-refractivity contribution is -0.384. The van der Waals surface area contributed by atoms with Crippen LogP contribution in [0.25, 0.3) is 0 Å².